The van der Waals surface area contributed by atoms with Gasteiger partial charge in [0.1, 0.15) is 5.82 Å². The standard InChI is InChI=1S/C20H25FN6O3/c21-18-13-26(12-9-22-18)15-3-1-14(2-4-15)23-20-17(27(29)30)5-6-19(24-20)25-10-7-16(28)8-11-25/h1-6,16,18,22,28H,7-13H2,(H,23,24). The predicted molar refractivity (Wildman–Crippen MR) is 113 cm³/mol. The maximum absolute atomic E-state index is 13.6. The third-order valence-electron chi connectivity index (χ3n) is 5.47. The zero-order chi connectivity index (χ0) is 21.1. The molecule has 0 saturated carbocycles. The summed E-state index contributed by atoms with van der Waals surface area (Å²) in [5, 5.41) is 27.0. The summed E-state index contributed by atoms with van der Waals surface area (Å²) in [5.74, 6) is 0.809. The molecule has 2 fully saturated rings. The summed E-state index contributed by atoms with van der Waals surface area (Å²) in [6, 6.07) is 10.4. The van der Waals surface area contributed by atoms with Gasteiger partial charge in [0.05, 0.1) is 17.6 Å². The van der Waals surface area contributed by atoms with Gasteiger partial charge in [-0.05, 0) is 43.2 Å². The molecule has 2 aromatic rings. The minimum atomic E-state index is -1.05. The second-order valence-electron chi connectivity index (χ2n) is 7.55. The number of aliphatic hydroxyl groups excluding tert-OH is 1. The molecule has 0 spiro atoms. The van der Waals surface area contributed by atoms with Gasteiger partial charge in [-0.3, -0.25) is 15.4 Å². The van der Waals surface area contributed by atoms with Crippen LogP contribution in [0.25, 0.3) is 0 Å². The Kier molecular flexibility index (Phi) is 5.96. The fourth-order valence-electron chi connectivity index (χ4n) is 3.78. The van der Waals surface area contributed by atoms with E-state index < -0.39 is 11.2 Å². The van der Waals surface area contributed by atoms with E-state index in [1.165, 1.54) is 6.07 Å². The lowest BCUT2D eigenvalue weighted by molar-refractivity contribution is -0.384. The first-order valence-electron chi connectivity index (χ1n) is 10.1. The van der Waals surface area contributed by atoms with E-state index in [1.807, 2.05) is 21.9 Å². The highest BCUT2D eigenvalue weighted by Crippen LogP contribution is 2.30. The first-order chi connectivity index (χ1) is 14.5. The van der Waals surface area contributed by atoms with Crippen LogP contribution in [0.3, 0.4) is 0 Å². The van der Waals surface area contributed by atoms with E-state index in [0.29, 0.717) is 50.5 Å². The third kappa shape index (κ3) is 4.60. The van der Waals surface area contributed by atoms with Gasteiger partial charge in [0.15, 0.2) is 6.30 Å². The number of aliphatic hydroxyl groups is 1. The van der Waals surface area contributed by atoms with Crippen LogP contribution in [0.1, 0.15) is 12.8 Å². The van der Waals surface area contributed by atoms with E-state index in [4.69, 9.17) is 0 Å². The van der Waals surface area contributed by atoms with Crippen molar-refractivity contribution in [2.75, 3.05) is 47.8 Å². The molecule has 3 N–H and O–H groups in total. The van der Waals surface area contributed by atoms with E-state index in [2.05, 4.69) is 15.6 Å². The van der Waals surface area contributed by atoms with Gasteiger partial charge in [-0.2, -0.15) is 0 Å². The predicted octanol–water partition coefficient (Wildman–Crippen LogP) is 2.40. The topological polar surface area (TPSA) is 107 Å². The minimum absolute atomic E-state index is 0.109. The Morgan fingerprint density at radius 1 is 1.13 bits per heavy atom. The van der Waals surface area contributed by atoms with Crippen molar-refractivity contribution in [3.63, 3.8) is 0 Å². The number of nitro groups is 1. The first-order valence-corrected chi connectivity index (χ1v) is 10.1. The van der Waals surface area contributed by atoms with Gasteiger partial charge in [0.25, 0.3) is 0 Å². The molecule has 10 heteroatoms. The lowest BCUT2D eigenvalue weighted by Crippen LogP contribution is -2.48. The lowest BCUT2D eigenvalue weighted by atomic mass is 10.1. The summed E-state index contributed by atoms with van der Waals surface area (Å²) in [5.41, 5.74) is 1.45. The molecule has 2 aliphatic heterocycles. The summed E-state index contributed by atoms with van der Waals surface area (Å²) in [4.78, 5) is 19.5. The number of aromatic nitrogens is 1. The van der Waals surface area contributed by atoms with Crippen molar-refractivity contribution in [3.05, 3.63) is 46.5 Å². The number of rotatable bonds is 5. The van der Waals surface area contributed by atoms with Crippen molar-refractivity contribution >= 4 is 28.7 Å². The van der Waals surface area contributed by atoms with Crippen molar-refractivity contribution in [2.24, 2.45) is 0 Å². The van der Waals surface area contributed by atoms with Crippen LogP contribution >= 0.6 is 0 Å². The van der Waals surface area contributed by atoms with Crippen LogP contribution in [0, 0.1) is 10.1 Å². The molecule has 1 aromatic heterocycles. The number of benzene rings is 1. The van der Waals surface area contributed by atoms with Crippen LogP contribution in [-0.4, -0.2) is 60.1 Å². The van der Waals surface area contributed by atoms with Crippen molar-refractivity contribution in [3.8, 4) is 0 Å². The van der Waals surface area contributed by atoms with Gasteiger partial charge in [-0.1, -0.05) is 0 Å². The summed E-state index contributed by atoms with van der Waals surface area (Å²) < 4.78 is 13.6. The lowest BCUT2D eigenvalue weighted by Gasteiger charge is -2.31. The molecule has 0 aliphatic carbocycles. The van der Waals surface area contributed by atoms with Crippen molar-refractivity contribution in [2.45, 2.75) is 25.2 Å². The van der Waals surface area contributed by atoms with Crippen molar-refractivity contribution in [1.29, 1.82) is 0 Å². The second kappa shape index (κ2) is 8.80. The molecular weight excluding hydrogens is 391 g/mol. The molecule has 30 heavy (non-hydrogen) atoms. The number of piperidine rings is 1. The summed E-state index contributed by atoms with van der Waals surface area (Å²) >= 11 is 0. The van der Waals surface area contributed by atoms with Crippen molar-refractivity contribution < 1.29 is 14.4 Å². The van der Waals surface area contributed by atoms with E-state index in [1.54, 1.807) is 18.2 Å². The Morgan fingerprint density at radius 3 is 2.53 bits per heavy atom. The van der Waals surface area contributed by atoms with E-state index in [-0.39, 0.29) is 24.2 Å². The highest BCUT2D eigenvalue weighted by atomic mass is 19.1. The van der Waals surface area contributed by atoms with Gasteiger partial charge in [0, 0.05) is 43.6 Å². The van der Waals surface area contributed by atoms with E-state index in [9.17, 15) is 19.6 Å². The number of piperazine rings is 1. The highest BCUT2D eigenvalue weighted by Gasteiger charge is 2.22. The van der Waals surface area contributed by atoms with Crippen LogP contribution < -0.4 is 20.4 Å². The number of pyridine rings is 1. The van der Waals surface area contributed by atoms with Crippen LogP contribution in [0.2, 0.25) is 0 Å². The summed E-state index contributed by atoms with van der Waals surface area (Å²) in [6.45, 7) is 2.89. The number of halogens is 1. The van der Waals surface area contributed by atoms with Gasteiger partial charge in [-0.15, -0.1) is 0 Å². The number of alkyl halides is 1. The highest BCUT2D eigenvalue weighted by molar-refractivity contribution is 5.69. The average molecular weight is 416 g/mol. The Labute approximate surface area is 173 Å². The monoisotopic (exact) mass is 416 g/mol. The van der Waals surface area contributed by atoms with Crippen LogP contribution in [-0.2, 0) is 0 Å². The Hall–Kier alpha value is -2.98. The molecule has 3 heterocycles. The van der Waals surface area contributed by atoms with E-state index >= 15 is 0 Å². The minimum Gasteiger partial charge on any atom is -0.393 e. The van der Waals surface area contributed by atoms with Crippen LogP contribution in [0.5, 0.6) is 0 Å². The largest absolute Gasteiger partial charge is 0.393 e. The molecule has 2 saturated heterocycles. The molecule has 160 valence electrons. The Bertz CT molecular complexity index is 889. The van der Waals surface area contributed by atoms with Gasteiger partial charge < -0.3 is 20.2 Å². The fraction of sp³-hybridized carbons (Fsp3) is 0.450. The summed E-state index contributed by atoms with van der Waals surface area (Å²) in [6.07, 6.45) is -0.0654. The average Bonchev–Trinajstić information content (AvgIpc) is 2.74. The number of anilines is 4. The molecule has 0 radical (unpaired) electrons. The molecule has 1 aromatic carbocycles. The molecule has 0 amide bonds. The quantitative estimate of drug-likeness (QED) is 0.388. The molecule has 0 bridgehead atoms. The van der Waals surface area contributed by atoms with Gasteiger partial charge in [0.2, 0.25) is 5.82 Å². The van der Waals surface area contributed by atoms with E-state index in [0.717, 1.165) is 5.69 Å². The fourth-order valence-corrected chi connectivity index (χ4v) is 3.78. The van der Waals surface area contributed by atoms with Crippen LogP contribution in [0.4, 0.5) is 33.1 Å². The zero-order valence-electron chi connectivity index (χ0n) is 16.5. The maximum atomic E-state index is 13.6. The Balaban J connectivity index is 1.52. The third-order valence-corrected chi connectivity index (χ3v) is 5.47. The normalized spacial score (nSPS) is 20.3. The number of nitrogens with one attached hydrogen (secondary N) is 2. The SMILES string of the molecule is O=[N+]([O-])c1ccc(N2CCC(O)CC2)nc1Nc1ccc(N2CCNC(F)C2)cc1. The Morgan fingerprint density at radius 2 is 1.87 bits per heavy atom. The molecule has 4 rings (SSSR count). The number of hydrogen-bond donors (Lipinski definition) is 3. The van der Waals surface area contributed by atoms with Gasteiger partial charge >= 0.3 is 5.69 Å². The maximum Gasteiger partial charge on any atom is 0.311 e. The van der Waals surface area contributed by atoms with Crippen LogP contribution in [0.15, 0.2) is 36.4 Å². The number of nitrogens with zero attached hydrogens (tertiary/aromatic N) is 4. The molecule has 2 aliphatic rings. The molecule has 1 unspecified atom stereocenters. The first kappa shape index (κ1) is 20.3. The zero-order valence-corrected chi connectivity index (χ0v) is 16.5. The molecular formula is C20H25FN6O3. The van der Waals surface area contributed by atoms with Crippen molar-refractivity contribution in [1.82, 2.24) is 10.3 Å². The number of hydrogen-bond acceptors (Lipinski definition) is 8. The second-order valence-corrected chi connectivity index (χ2v) is 7.55. The van der Waals surface area contributed by atoms with Gasteiger partial charge in [-0.25, -0.2) is 9.37 Å². The smallest absolute Gasteiger partial charge is 0.311 e. The molecule has 1 atom stereocenters. The molecule has 9 nitrogen and oxygen atoms in total. The summed E-state index contributed by atoms with van der Waals surface area (Å²) in [7, 11) is 0.